The van der Waals surface area contributed by atoms with Crippen molar-refractivity contribution in [2.45, 2.75) is 0 Å². The van der Waals surface area contributed by atoms with Crippen molar-refractivity contribution in [1.29, 1.82) is 0 Å². The molecule has 3 N–H and O–H groups in total. The summed E-state index contributed by atoms with van der Waals surface area (Å²) in [6, 6.07) is 17.4. The van der Waals surface area contributed by atoms with Gasteiger partial charge in [0.25, 0.3) is 10.0 Å². The first-order valence-electron chi connectivity index (χ1n) is 11.1. The fraction of sp³-hybridized carbons (Fsp3) is 0.120. The fourth-order valence-electron chi connectivity index (χ4n) is 3.14. The Morgan fingerprint density at radius 2 is 1.57 bits per heavy atom. The minimum atomic E-state index is -4.05. The molecule has 0 spiro atoms. The van der Waals surface area contributed by atoms with Crippen molar-refractivity contribution in [1.82, 2.24) is 19.9 Å². The highest BCUT2D eigenvalue weighted by atomic mass is 32.2. The van der Waals surface area contributed by atoms with Crippen LogP contribution in [0.5, 0.6) is 17.2 Å². The molecule has 2 heterocycles. The molecule has 2 aromatic carbocycles. The number of nitrogens with zero attached hydrogens (tertiary/aromatic N) is 4. The van der Waals surface area contributed by atoms with Gasteiger partial charge in [-0.2, -0.15) is 0 Å². The Bertz CT molecular complexity index is 1470. The van der Waals surface area contributed by atoms with Gasteiger partial charge in [0.1, 0.15) is 0 Å². The molecule has 0 unspecified atom stereocenters. The second kappa shape index (κ2) is 11.9. The molecule has 0 fully saturated rings. The van der Waals surface area contributed by atoms with E-state index in [1.807, 2.05) is 6.07 Å². The van der Waals surface area contributed by atoms with E-state index in [2.05, 4.69) is 30.0 Å². The molecule has 190 valence electrons. The predicted octanol–water partition coefficient (Wildman–Crippen LogP) is 3.55. The third-order valence-electron chi connectivity index (χ3n) is 4.79. The van der Waals surface area contributed by atoms with E-state index in [-0.39, 0.29) is 42.2 Å². The lowest BCUT2D eigenvalue weighted by Crippen LogP contribution is -2.15. The summed E-state index contributed by atoms with van der Waals surface area (Å²) in [5.74, 6) is 0.822. The predicted molar refractivity (Wildman–Crippen MR) is 140 cm³/mol. The molecule has 0 atom stereocenters. The number of ether oxygens (including phenoxy) is 2. The molecular formula is C25H24N6O5S. The molecule has 0 aliphatic heterocycles. The minimum Gasteiger partial charge on any atom is -0.493 e. The van der Waals surface area contributed by atoms with E-state index in [0.717, 1.165) is 5.41 Å². The highest BCUT2D eigenvalue weighted by molar-refractivity contribution is 7.95. The topological polar surface area (TPSA) is 148 Å². The lowest BCUT2D eigenvalue weighted by atomic mass is 10.2. The number of para-hydroxylation sites is 2. The number of nitrogens with one attached hydrogen (secondary N) is 2. The van der Waals surface area contributed by atoms with Gasteiger partial charge in [-0.05, 0) is 29.8 Å². The van der Waals surface area contributed by atoms with E-state index >= 15 is 0 Å². The van der Waals surface area contributed by atoms with Gasteiger partial charge in [-0.25, -0.2) is 28.4 Å². The first-order valence-corrected chi connectivity index (χ1v) is 12.6. The second-order valence-electron chi connectivity index (χ2n) is 7.41. The minimum absolute atomic E-state index is 0.0330. The van der Waals surface area contributed by atoms with Crippen LogP contribution in [0.3, 0.4) is 0 Å². The molecule has 11 nitrogen and oxygen atoms in total. The van der Waals surface area contributed by atoms with Crippen molar-refractivity contribution in [3.05, 3.63) is 84.0 Å². The number of aliphatic hydroxyl groups excluding tert-OH is 1. The molecular weight excluding hydrogens is 496 g/mol. The molecule has 37 heavy (non-hydrogen) atoms. The van der Waals surface area contributed by atoms with Crippen LogP contribution >= 0.6 is 0 Å². The Morgan fingerprint density at radius 1 is 0.892 bits per heavy atom. The molecule has 4 aromatic rings. The highest BCUT2D eigenvalue weighted by Crippen LogP contribution is 2.39. The zero-order chi connectivity index (χ0) is 26.1. The third kappa shape index (κ3) is 6.78. The van der Waals surface area contributed by atoms with Crippen LogP contribution in [0, 0.1) is 0 Å². The van der Waals surface area contributed by atoms with Gasteiger partial charge in [0.15, 0.2) is 29.0 Å². The number of benzene rings is 2. The molecule has 4 rings (SSSR count). The van der Waals surface area contributed by atoms with Crippen molar-refractivity contribution in [2.75, 3.05) is 30.3 Å². The van der Waals surface area contributed by atoms with Gasteiger partial charge in [-0.3, -0.25) is 4.72 Å². The van der Waals surface area contributed by atoms with Crippen LogP contribution in [-0.2, 0) is 10.0 Å². The van der Waals surface area contributed by atoms with E-state index in [1.165, 1.54) is 25.6 Å². The fourth-order valence-corrected chi connectivity index (χ4v) is 3.95. The maximum atomic E-state index is 13.0. The maximum Gasteiger partial charge on any atom is 0.256 e. The van der Waals surface area contributed by atoms with Crippen molar-refractivity contribution in [3.8, 4) is 28.9 Å². The lowest BCUT2D eigenvalue weighted by Gasteiger charge is -2.18. The quantitative estimate of drug-likeness (QED) is 0.268. The molecule has 0 amide bonds. The maximum absolute atomic E-state index is 13.0. The third-order valence-corrected chi connectivity index (χ3v) is 5.77. The number of anilines is 2. The van der Waals surface area contributed by atoms with Crippen LogP contribution in [0.15, 0.2) is 78.5 Å². The van der Waals surface area contributed by atoms with Gasteiger partial charge in [0.2, 0.25) is 11.6 Å². The van der Waals surface area contributed by atoms with Crippen LogP contribution in [0.4, 0.5) is 11.6 Å². The van der Waals surface area contributed by atoms with Crippen molar-refractivity contribution in [3.63, 3.8) is 0 Å². The summed E-state index contributed by atoms with van der Waals surface area (Å²) in [4.78, 5) is 17.1. The Hall–Kier alpha value is -4.55. The summed E-state index contributed by atoms with van der Waals surface area (Å²) in [5.41, 5.74) is 0.699. The average molecular weight is 521 g/mol. The summed E-state index contributed by atoms with van der Waals surface area (Å²) >= 11 is 0. The molecule has 12 heteroatoms. The second-order valence-corrected chi connectivity index (χ2v) is 8.98. The van der Waals surface area contributed by atoms with Gasteiger partial charge in [-0.1, -0.05) is 42.5 Å². The molecule has 0 bridgehead atoms. The molecule has 0 radical (unpaired) electrons. The Kier molecular flexibility index (Phi) is 8.23. The zero-order valence-corrected chi connectivity index (χ0v) is 20.6. The van der Waals surface area contributed by atoms with E-state index in [9.17, 15) is 13.5 Å². The van der Waals surface area contributed by atoms with Crippen molar-refractivity contribution in [2.24, 2.45) is 0 Å². The van der Waals surface area contributed by atoms with E-state index < -0.39 is 10.0 Å². The van der Waals surface area contributed by atoms with Crippen LogP contribution in [-0.4, -0.2) is 53.7 Å². The molecule has 2 aromatic heterocycles. The van der Waals surface area contributed by atoms with Gasteiger partial charge in [0, 0.05) is 18.9 Å². The van der Waals surface area contributed by atoms with E-state index in [0.29, 0.717) is 17.1 Å². The summed E-state index contributed by atoms with van der Waals surface area (Å²) < 4.78 is 40.0. The molecule has 0 aliphatic carbocycles. The Labute approximate surface area is 213 Å². The lowest BCUT2D eigenvalue weighted by molar-refractivity contribution is 0.310. The smallest absolute Gasteiger partial charge is 0.256 e. The molecule has 0 saturated heterocycles. The van der Waals surface area contributed by atoms with Crippen LogP contribution in [0.25, 0.3) is 17.7 Å². The summed E-state index contributed by atoms with van der Waals surface area (Å²) in [6.45, 7) is -0.107. The Balaban J connectivity index is 1.82. The summed E-state index contributed by atoms with van der Waals surface area (Å²) in [7, 11) is -2.57. The van der Waals surface area contributed by atoms with Crippen LogP contribution in [0.2, 0.25) is 0 Å². The normalized spacial score (nSPS) is 11.3. The van der Waals surface area contributed by atoms with Gasteiger partial charge >= 0.3 is 0 Å². The average Bonchev–Trinajstić information content (AvgIpc) is 2.93. The number of sulfonamides is 1. The number of hydrogen-bond acceptors (Lipinski definition) is 10. The van der Waals surface area contributed by atoms with Crippen molar-refractivity contribution >= 4 is 27.7 Å². The van der Waals surface area contributed by atoms with Gasteiger partial charge in [0.05, 0.1) is 19.1 Å². The molecule has 0 saturated carbocycles. The molecule has 0 aliphatic rings. The number of aromatic nitrogens is 4. The number of methoxy groups -OCH3 is 1. The monoisotopic (exact) mass is 520 g/mol. The summed E-state index contributed by atoms with van der Waals surface area (Å²) in [6.07, 6.45) is 4.48. The SMILES string of the molecule is COc1ccccc1Oc1c(NCCO)nc(-c2ncccn2)nc1NS(=O)(=O)/C=C/c1ccccc1. The number of aliphatic hydroxyl groups is 1. The van der Waals surface area contributed by atoms with Crippen LogP contribution in [0.1, 0.15) is 5.56 Å². The number of hydrogen-bond donors (Lipinski definition) is 3. The first kappa shape index (κ1) is 25.5. The Morgan fingerprint density at radius 3 is 2.27 bits per heavy atom. The highest BCUT2D eigenvalue weighted by Gasteiger charge is 2.23. The number of rotatable bonds is 11. The zero-order valence-electron chi connectivity index (χ0n) is 19.8. The van der Waals surface area contributed by atoms with Gasteiger partial charge < -0.3 is 19.9 Å². The van der Waals surface area contributed by atoms with E-state index in [1.54, 1.807) is 54.6 Å². The van der Waals surface area contributed by atoms with Crippen LogP contribution < -0.4 is 19.5 Å². The summed E-state index contributed by atoms with van der Waals surface area (Å²) in [5, 5.41) is 13.4. The standard InChI is InChI=1S/C25H24N6O5S/c1-35-19-10-5-6-11-20(19)36-21-22(28-15-16-32)29-25(24-26-13-7-14-27-24)30-23(21)31-37(33,34)17-12-18-8-3-2-4-9-18/h2-14,17,32H,15-16H2,1H3,(H2,28,29,30,31)/b17-12+. The van der Waals surface area contributed by atoms with Crippen molar-refractivity contribution < 1.29 is 23.0 Å². The van der Waals surface area contributed by atoms with Gasteiger partial charge in [-0.15, -0.1) is 0 Å². The largest absolute Gasteiger partial charge is 0.493 e. The first-order chi connectivity index (χ1) is 18.0. The van der Waals surface area contributed by atoms with E-state index in [4.69, 9.17) is 9.47 Å².